The van der Waals surface area contributed by atoms with Crippen molar-refractivity contribution in [2.45, 2.75) is 31.8 Å². The van der Waals surface area contributed by atoms with Gasteiger partial charge in [-0.25, -0.2) is 4.79 Å². The Morgan fingerprint density at radius 2 is 1.83 bits per heavy atom. The van der Waals surface area contributed by atoms with Crippen molar-refractivity contribution in [3.8, 4) is 11.3 Å². The van der Waals surface area contributed by atoms with Crippen LogP contribution in [0.2, 0.25) is 0 Å². The van der Waals surface area contributed by atoms with Gasteiger partial charge in [0.1, 0.15) is 17.1 Å². The third-order valence-corrected chi connectivity index (χ3v) is 4.47. The Morgan fingerprint density at radius 3 is 2.58 bits per heavy atom. The highest BCUT2D eigenvalue weighted by Crippen LogP contribution is 2.43. The van der Waals surface area contributed by atoms with Crippen LogP contribution in [0.1, 0.15) is 31.9 Å². The van der Waals surface area contributed by atoms with Crippen LogP contribution < -0.4 is 5.32 Å². The number of furan rings is 1. The summed E-state index contributed by atoms with van der Waals surface area (Å²) in [5.74, 6) is 0.371. The lowest BCUT2D eigenvalue weighted by Crippen LogP contribution is -2.38. The van der Waals surface area contributed by atoms with Crippen LogP contribution in [0.5, 0.6) is 0 Å². The molecule has 122 valence electrons. The Balaban J connectivity index is 1.76. The van der Waals surface area contributed by atoms with E-state index in [2.05, 4.69) is 5.32 Å². The van der Waals surface area contributed by atoms with Crippen LogP contribution in [0.15, 0.2) is 58.2 Å². The number of carbonyl (C=O) groups excluding carboxylic acids is 2. The number of esters is 1. The van der Waals surface area contributed by atoms with Crippen molar-refractivity contribution in [2.24, 2.45) is 0 Å². The van der Waals surface area contributed by atoms with E-state index in [4.69, 9.17) is 9.15 Å². The maximum absolute atomic E-state index is 12.3. The molecule has 2 aliphatic heterocycles. The summed E-state index contributed by atoms with van der Waals surface area (Å²) >= 11 is 0. The summed E-state index contributed by atoms with van der Waals surface area (Å²) in [6.07, 6.45) is 0.172. The number of amides is 1. The molecule has 24 heavy (non-hydrogen) atoms. The normalized spacial score (nSPS) is 22.2. The molecule has 0 fully saturated rings. The molecule has 2 aromatic rings. The molecule has 1 atom stereocenters. The third kappa shape index (κ3) is 2.24. The minimum atomic E-state index is -0.824. The number of carbonyl (C=O) groups is 2. The summed E-state index contributed by atoms with van der Waals surface area (Å²) in [5.41, 5.74) is 1.17. The smallest absolute Gasteiger partial charge is 0.337 e. The van der Waals surface area contributed by atoms with Crippen LogP contribution in [0.4, 0.5) is 0 Å². The summed E-state index contributed by atoms with van der Waals surface area (Å²) in [7, 11) is 0. The van der Waals surface area contributed by atoms with E-state index in [1.54, 1.807) is 13.8 Å². The van der Waals surface area contributed by atoms with Crippen LogP contribution >= 0.6 is 0 Å². The largest absolute Gasteiger partial charge is 0.460 e. The number of ether oxygens (including phenoxy) is 1. The maximum Gasteiger partial charge on any atom is 0.337 e. The van der Waals surface area contributed by atoms with Crippen molar-refractivity contribution in [1.29, 1.82) is 0 Å². The van der Waals surface area contributed by atoms with Crippen molar-refractivity contribution >= 4 is 11.9 Å². The third-order valence-electron chi connectivity index (χ3n) is 4.47. The maximum atomic E-state index is 12.3. The highest BCUT2D eigenvalue weighted by Gasteiger charge is 2.48. The van der Waals surface area contributed by atoms with Crippen molar-refractivity contribution in [1.82, 2.24) is 5.32 Å². The van der Waals surface area contributed by atoms with Gasteiger partial charge in [0.15, 0.2) is 0 Å². The van der Waals surface area contributed by atoms with Crippen molar-refractivity contribution in [3.63, 3.8) is 0 Å². The van der Waals surface area contributed by atoms with Gasteiger partial charge in [0.2, 0.25) is 5.91 Å². The Kier molecular flexibility index (Phi) is 3.13. The van der Waals surface area contributed by atoms with Gasteiger partial charge in [-0.3, -0.25) is 4.79 Å². The van der Waals surface area contributed by atoms with Crippen LogP contribution in [-0.4, -0.2) is 17.5 Å². The topological polar surface area (TPSA) is 68.5 Å². The SMILES string of the molecule is CC1(C)OC(=O)C2=C1NC(=O)C[C@H]2c1ccc(-c2ccccc2)o1. The molecule has 0 spiro atoms. The van der Waals surface area contributed by atoms with Gasteiger partial charge in [0.05, 0.1) is 17.2 Å². The summed E-state index contributed by atoms with van der Waals surface area (Å²) in [6.45, 7) is 3.54. The molecule has 0 saturated heterocycles. The monoisotopic (exact) mass is 323 g/mol. The predicted octanol–water partition coefficient (Wildman–Crippen LogP) is 3.14. The zero-order chi connectivity index (χ0) is 16.9. The van der Waals surface area contributed by atoms with Crippen molar-refractivity contribution in [3.05, 3.63) is 59.5 Å². The molecule has 0 aliphatic carbocycles. The Bertz CT molecular complexity index is 861. The molecule has 5 heteroatoms. The Hall–Kier alpha value is -2.82. The van der Waals surface area contributed by atoms with E-state index >= 15 is 0 Å². The molecular formula is C19H17NO4. The Labute approximate surface area is 139 Å². The fourth-order valence-corrected chi connectivity index (χ4v) is 3.32. The van der Waals surface area contributed by atoms with E-state index in [9.17, 15) is 9.59 Å². The van der Waals surface area contributed by atoms with Gasteiger partial charge < -0.3 is 14.5 Å². The highest BCUT2D eigenvalue weighted by molar-refractivity contribution is 5.99. The van der Waals surface area contributed by atoms with Gasteiger partial charge in [-0.15, -0.1) is 0 Å². The lowest BCUT2D eigenvalue weighted by molar-refractivity contribution is -0.144. The number of hydrogen-bond acceptors (Lipinski definition) is 4. The van der Waals surface area contributed by atoms with Gasteiger partial charge in [-0.05, 0) is 26.0 Å². The molecule has 1 amide bonds. The standard InChI is InChI=1S/C19H17NO4/c1-19(2)17-16(18(22)24-19)12(10-15(21)20-17)14-9-8-13(23-14)11-6-4-3-5-7-11/h3-9,12H,10H2,1-2H3,(H,20,21)/t12-/m0/s1. The lowest BCUT2D eigenvalue weighted by atomic mass is 9.86. The first-order valence-corrected chi connectivity index (χ1v) is 7.89. The average Bonchev–Trinajstić information content (AvgIpc) is 3.11. The van der Waals surface area contributed by atoms with Gasteiger partial charge in [0.25, 0.3) is 0 Å². The van der Waals surface area contributed by atoms with E-state index in [1.807, 2.05) is 42.5 Å². The lowest BCUT2D eigenvalue weighted by Gasteiger charge is -2.26. The molecule has 1 aromatic carbocycles. The molecule has 1 N–H and O–H groups in total. The molecule has 5 nitrogen and oxygen atoms in total. The van der Waals surface area contributed by atoms with E-state index < -0.39 is 17.5 Å². The average molecular weight is 323 g/mol. The van der Waals surface area contributed by atoms with Crippen molar-refractivity contribution < 1.29 is 18.7 Å². The van der Waals surface area contributed by atoms with Crippen LogP contribution in [0, 0.1) is 0 Å². The minimum Gasteiger partial charge on any atom is -0.460 e. The first kappa shape index (κ1) is 14.8. The summed E-state index contributed by atoms with van der Waals surface area (Å²) in [4.78, 5) is 24.4. The molecule has 0 saturated carbocycles. The second kappa shape index (κ2) is 5.09. The summed E-state index contributed by atoms with van der Waals surface area (Å²) in [5, 5.41) is 2.79. The zero-order valence-electron chi connectivity index (χ0n) is 13.5. The number of rotatable bonds is 2. The number of benzene rings is 1. The number of hydrogen-bond donors (Lipinski definition) is 1. The van der Waals surface area contributed by atoms with Gasteiger partial charge in [0, 0.05) is 12.0 Å². The number of cyclic esters (lactones) is 1. The molecule has 0 unspecified atom stereocenters. The van der Waals surface area contributed by atoms with E-state index in [0.29, 0.717) is 22.8 Å². The quantitative estimate of drug-likeness (QED) is 0.862. The summed E-state index contributed by atoms with van der Waals surface area (Å²) in [6, 6.07) is 13.4. The fraction of sp³-hybridized carbons (Fsp3) is 0.263. The molecule has 0 bridgehead atoms. The number of nitrogens with one attached hydrogen (secondary N) is 1. The summed E-state index contributed by atoms with van der Waals surface area (Å²) < 4.78 is 11.4. The van der Waals surface area contributed by atoms with Crippen LogP contribution in [0.3, 0.4) is 0 Å². The first-order chi connectivity index (χ1) is 11.5. The van der Waals surface area contributed by atoms with Gasteiger partial charge >= 0.3 is 5.97 Å². The van der Waals surface area contributed by atoms with Gasteiger partial charge in [-0.1, -0.05) is 30.3 Å². The second-order valence-corrected chi connectivity index (χ2v) is 6.56. The van der Waals surface area contributed by atoms with E-state index in [-0.39, 0.29) is 12.3 Å². The van der Waals surface area contributed by atoms with E-state index in [1.165, 1.54) is 0 Å². The molecule has 1 aromatic heterocycles. The van der Waals surface area contributed by atoms with Crippen molar-refractivity contribution in [2.75, 3.05) is 0 Å². The second-order valence-electron chi connectivity index (χ2n) is 6.56. The first-order valence-electron chi connectivity index (χ1n) is 7.89. The van der Waals surface area contributed by atoms with Crippen LogP contribution in [-0.2, 0) is 14.3 Å². The van der Waals surface area contributed by atoms with E-state index in [0.717, 1.165) is 5.56 Å². The van der Waals surface area contributed by atoms with Crippen LogP contribution in [0.25, 0.3) is 11.3 Å². The molecule has 2 aliphatic rings. The molecular weight excluding hydrogens is 306 g/mol. The molecule has 3 heterocycles. The van der Waals surface area contributed by atoms with Gasteiger partial charge in [-0.2, -0.15) is 0 Å². The zero-order valence-corrected chi connectivity index (χ0v) is 13.5. The Morgan fingerprint density at radius 1 is 1.08 bits per heavy atom. The highest BCUT2D eigenvalue weighted by atomic mass is 16.6. The molecule has 4 rings (SSSR count). The fourth-order valence-electron chi connectivity index (χ4n) is 3.32. The predicted molar refractivity (Wildman–Crippen MR) is 86.8 cm³/mol. The molecule has 0 radical (unpaired) electrons. The minimum absolute atomic E-state index is 0.136.